The Hall–Kier alpha value is 0. The lowest BCUT2D eigenvalue weighted by molar-refractivity contribution is 0.585. The average Bonchev–Trinajstić information content (AvgIpc) is 2.98. The van der Waals surface area contributed by atoms with Crippen LogP contribution in [0.5, 0.6) is 0 Å². The minimum Gasteiger partial charge on any atom is -0.0654 e. The third kappa shape index (κ3) is 83.2. The van der Waals surface area contributed by atoms with E-state index in [1.54, 1.807) is 0 Å². The van der Waals surface area contributed by atoms with E-state index in [-0.39, 0.29) is 0 Å². The molecule has 0 heterocycles. The van der Waals surface area contributed by atoms with Crippen molar-refractivity contribution in [3.8, 4) is 0 Å². The Labute approximate surface area is 261 Å². The van der Waals surface area contributed by atoms with E-state index in [9.17, 15) is 0 Å². The van der Waals surface area contributed by atoms with Crippen LogP contribution in [-0.4, -0.2) is 0 Å². The summed E-state index contributed by atoms with van der Waals surface area (Å²) in [7, 11) is 0. The van der Waals surface area contributed by atoms with Crippen LogP contribution in [0.25, 0.3) is 0 Å². The molecule has 0 aromatic rings. The minimum absolute atomic E-state index is 1.36. The smallest absolute Gasteiger partial charge is 0.0533 e. The Balaban J connectivity index is -0.000000129. The minimum atomic E-state index is 1.36. The molecule has 0 aliphatic carbocycles. The van der Waals surface area contributed by atoms with Crippen LogP contribution in [0.15, 0.2) is 0 Å². The van der Waals surface area contributed by atoms with Gasteiger partial charge in [0.15, 0.2) is 0 Å². The largest absolute Gasteiger partial charge is 0.0654 e. The quantitative estimate of drug-likeness (QED) is 0.0957. The van der Waals surface area contributed by atoms with Gasteiger partial charge in [-0.3, -0.25) is 0 Å². The Morgan fingerprint density at radius 3 is 0.325 bits per heavy atom. The van der Waals surface area contributed by atoms with Crippen molar-refractivity contribution in [2.45, 2.75) is 262 Å². The molecule has 0 saturated heterocycles. The highest BCUT2D eigenvalue weighted by Gasteiger charge is 1.88. The van der Waals surface area contributed by atoms with E-state index >= 15 is 0 Å². The number of unbranched alkanes of at least 4 members (excludes halogenated alkanes) is 25. The molecule has 0 spiro atoms. The fourth-order valence-electron chi connectivity index (χ4n) is 4.27. The van der Waals surface area contributed by atoms with Gasteiger partial charge in [0.1, 0.15) is 0 Å². The molecular formula is C40H90. The van der Waals surface area contributed by atoms with Gasteiger partial charge < -0.3 is 0 Å². The van der Waals surface area contributed by atoms with E-state index in [2.05, 4.69) is 69.2 Å². The van der Waals surface area contributed by atoms with Gasteiger partial charge in [0, 0.05) is 0 Å². The van der Waals surface area contributed by atoms with Gasteiger partial charge in [0.2, 0.25) is 0 Å². The number of hydrogen-bond acceptors (Lipinski definition) is 0. The predicted octanol–water partition coefficient (Wildman–Crippen LogP) is 16.8. The van der Waals surface area contributed by atoms with Crippen molar-refractivity contribution < 1.29 is 0 Å². The Morgan fingerprint density at radius 1 is 0.125 bits per heavy atom. The molecule has 0 fully saturated rings. The first-order chi connectivity index (χ1) is 19.6. The molecule has 0 aromatic heterocycles. The summed E-state index contributed by atoms with van der Waals surface area (Å²) >= 11 is 0. The second kappa shape index (κ2) is 62.6. The summed E-state index contributed by atoms with van der Waals surface area (Å²) in [5.41, 5.74) is 0. The van der Waals surface area contributed by atoms with Gasteiger partial charge in [-0.05, 0) is 0 Å². The van der Waals surface area contributed by atoms with Crippen LogP contribution in [0.4, 0.5) is 0 Å². The van der Waals surface area contributed by atoms with E-state index in [1.165, 1.54) is 193 Å². The third-order valence-corrected chi connectivity index (χ3v) is 7.29. The van der Waals surface area contributed by atoms with Gasteiger partial charge in [0.25, 0.3) is 0 Å². The summed E-state index contributed by atoms with van der Waals surface area (Å²) < 4.78 is 0. The van der Waals surface area contributed by atoms with Crippen molar-refractivity contribution >= 4 is 0 Å². The van der Waals surface area contributed by atoms with E-state index in [0.717, 1.165) is 0 Å². The van der Waals surface area contributed by atoms with Crippen molar-refractivity contribution in [2.75, 3.05) is 0 Å². The Bertz CT molecular complexity index is 266. The van der Waals surface area contributed by atoms with Gasteiger partial charge >= 0.3 is 0 Å². The first kappa shape index (κ1) is 49.7. The second-order valence-electron chi connectivity index (χ2n) is 12.1. The fraction of sp³-hybridized carbons (Fsp3) is 1.00. The van der Waals surface area contributed by atoms with Crippen LogP contribution in [0.1, 0.15) is 262 Å². The normalized spacial score (nSPS) is 9.75. The van der Waals surface area contributed by atoms with Crippen LogP contribution < -0.4 is 0 Å². The zero-order valence-corrected chi connectivity index (χ0v) is 31.2. The van der Waals surface area contributed by atoms with E-state index < -0.39 is 0 Å². The van der Waals surface area contributed by atoms with E-state index in [1.807, 2.05) is 0 Å². The molecule has 40 heavy (non-hydrogen) atoms. The van der Waals surface area contributed by atoms with Crippen LogP contribution in [-0.2, 0) is 0 Å². The zero-order valence-electron chi connectivity index (χ0n) is 31.2. The average molecular weight is 571 g/mol. The predicted molar refractivity (Wildman–Crippen MR) is 195 cm³/mol. The maximum absolute atomic E-state index is 2.27. The van der Waals surface area contributed by atoms with Crippen LogP contribution in [0.2, 0.25) is 0 Å². The number of rotatable bonds is 25. The highest BCUT2D eigenvalue weighted by molar-refractivity contribution is 4.44. The van der Waals surface area contributed by atoms with Gasteiger partial charge in [0.05, 0.1) is 0 Å². The molecule has 0 radical (unpaired) electrons. The third-order valence-electron chi connectivity index (χ3n) is 7.29. The van der Waals surface area contributed by atoms with Crippen molar-refractivity contribution in [1.82, 2.24) is 0 Å². The molecule has 0 aliphatic rings. The number of hydrogen-bond donors (Lipinski definition) is 0. The molecule has 0 aromatic carbocycles. The highest BCUT2D eigenvalue weighted by atomic mass is 13.9. The highest BCUT2D eigenvalue weighted by Crippen LogP contribution is 2.08. The van der Waals surface area contributed by atoms with E-state index in [4.69, 9.17) is 0 Å². The lowest BCUT2D eigenvalue weighted by Crippen LogP contribution is -1.77. The lowest BCUT2D eigenvalue weighted by Gasteiger charge is -1.97. The Morgan fingerprint density at radius 2 is 0.200 bits per heavy atom. The molecule has 0 amide bonds. The van der Waals surface area contributed by atoms with Gasteiger partial charge in [-0.1, -0.05) is 262 Å². The first-order valence-corrected chi connectivity index (χ1v) is 19.6. The summed E-state index contributed by atoms with van der Waals surface area (Å²) in [5.74, 6) is 0. The topological polar surface area (TPSA) is 0 Å². The monoisotopic (exact) mass is 571 g/mol. The van der Waals surface area contributed by atoms with Crippen molar-refractivity contribution in [2.24, 2.45) is 0 Å². The van der Waals surface area contributed by atoms with Crippen molar-refractivity contribution in [1.29, 1.82) is 0 Å². The maximum atomic E-state index is 2.27. The van der Waals surface area contributed by atoms with Crippen molar-refractivity contribution in [3.63, 3.8) is 0 Å². The SMILES string of the molecule is CCCCCC.CCCCCCC.CCCCCCCC.CCCCCCCCC.CCCCCCCCCC. The molecule has 0 rings (SSSR count). The molecule has 0 bridgehead atoms. The molecule has 0 aliphatic heterocycles. The van der Waals surface area contributed by atoms with E-state index in [0.29, 0.717) is 0 Å². The molecular weight excluding hydrogens is 480 g/mol. The standard InChI is InChI=1S/C10H22.C9H20.C8H18.C7H16.C6H14/c1-3-5-7-9-10-8-6-4-2;1-3-5-7-9-8-6-4-2;1-3-5-7-8-6-4-2;1-3-5-7-6-4-2;1-3-5-6-4-2/h3-10H2,1-2H3;3-9H2,1-2H3;3-8H2,1-2H3;3-7H2,1-2H3;3-6H2,1-2H3. The summed E-state index contributed by atoms with van der Waals surface area (Å²) in [4.78, 5) is 0. The molecule has 0 saturated carbocycles. The van der Waals surface area contributed by atoms with Crippen LogP contribution >= 0.6 is 0 Å². The summed E-state index contributed by atoms with van der Waals surface area (Å²) in [5, 5.41) is 0. The molecule has 0 N–H and O–H groups in total. The first-order valence-electron chi connectivity index (χ1n) is 19.6. The Kier molecular flexibility index (Phi) is 77.7. The van der Waals surface area contributed by atoms with Crippen molar-refractivity contribution in [3.05, 3.63) is 0 Å². The van der Waals surface area contributed by atoms with Gasteiger partial charge in [-0.2, -0.15) is 0 Å². The maximum Gasteiger partial charge on any atom is -0.0533 e. The summed E-state index contributed by atoms with van der Waals surface area (Å²) in [6.45, 7) is 22.5. The fourth-order valence-corrected chi connectivity index (χ4v) is 4.27. The summed E-state index contributed by atoms with van der Waals surface area (Å²) in [6, 6.07) is 0. The van der Waals surface area contributed by atoms with Gasteiger partial charge in [-0.25, -0.2) is 0 Å². The molecule has 0 atom stereocenters. The lowest BCUT2D eigenvalue weighted by atomic mass is 10.1. The molecule has 250 valence electrons. The molecule has 0 unspecified atom stereocenters. The zero-order chi connectivity index (χ0) is 31.2. The summed E-state index contributed by atoms with van der Waals surface area (Å²) in [6.07, 6.45) is 42.5. The molecule has 0 nitrogen and oxygen atoms in total. The van der Waals surface area contributed by atoms with Gasteiger partial charge in [-0.15, -0.1) is 0 Å². The van der Waals surface area contributed by atoms with Crippen LogP contribution in [0.3, 0.4) is 0 Å². The molecule has 0 heteroatoms. The van der Waals surface area contributed by atoms with Crippen LogP contribution in [0, 0.1) is 0 Å². The second-order valence-corrected chi connectivity index (χ2v) is 12.1.